The lowest BCUT2D eigenvalue weighted by molar-refractivity contribution is 0.147. The minimum Gasteiger partial charge on any atom is -0.394 e. The van der Waals surface area contributed by atoms with Gasteiger partial charge >= 0.3 is 0 Å². The van der Waals surface area contributed by atoms with Gasteiger partial charge in [0.25, 0.3) is 0 Å². The number of benzene rings is 1. The standard InChI is InChI=1S/C12H19NO4S/c1-3-18(16,17)11-7-5-4-6-10(11)13-12(2,8-14)9-15/h4-7,13-15H,3,8-9H2,1-2H3. The molecule has 102 valence electrons. The van der Waals surface area contributed by atoms with Gasteiger partial charge in [-0.05, 0) is 19.1 Å². The van der Waals surface area contributed by atoms with E-state index in [4.69, 9.17) is 0 Å². The molecule has 18 heavy (non-hydrogen) atoms. The van der Waals surface area contributed by atoms with E-state index in [1.165, 1.54) is 6.07 Å². The molecular formula is C12H19NO4S. The van der Waals surface area contributed by atoms with Gasteiger partial charge in [0.05, 0.1) is 35.1 Å². The van der Waals surface area contributed by atoms with Crippen molar-refractivity contribution < 1.29 is 18.6 Å². The summed E-state index contributed by atoms with van der Waals surface area (Å²) < 4.78 is 23.8. The van der Waals surface area contributed by atoms with E-state index >= 15 is 0 Å². The Bertz CT molecular complexity index is 495. The molecule has 0 unspecified atom stereocenters. The molecule has 0 heterocycles. The Morgan fingerprint density at radius 1 is 1.22 bits per heavy atom. The Labute approximate surface area is 107 Å². The fourth-order valence-electron chi connectivity index (χ4n) is 1.45. The van der Waals surface area contributed by atoms with Gasteiger partial charge < -0.3 is 15.5 Å². The third-order valence-corrected chi connectivity index (χ3v) is 4.52. The van der Waals surface area contributed by atoms with E-state index in [1.807, 2.05) is 0 Å². The van der Waals surface area contributed by atoms with Crippen molar-refractivity contribution in [1.29, 1.82) is 0 Å². The fraction of sp³-hybridized carbons (Fsp3) is 0.500. The molecule has 0 aliphatic heterocycles. The van der Waals surface area contributed by atoms with E-state index in [-0.39, 0.29) is 23.9 Å². The molecule has 1 rings (SSSR count). The quantitative estimate of drug-likeness (QED) is 0.708. The number of para-hydroxylation sites is 1. The summed E-state index contributed by atoms with van der Waals surface area (Å²) in [7, 11) is -3.34. The van der Waals surface area contributed by atoms with Gasteiger partial charge in [-0.15, -0.1) is 0 Å². The van der Waals surface area contributed by atoms with E-state index in [0.717, 1.165) is 0 Å². The minimum atomic E-state index is -3.34. The second-order valence-corrected chi connectivity index (χ2v) is 6.65. The van der Waals surface area contributed by atoms with E-state index in [9.17, 15) is 18.6 Å². The summed E-state index contributed by atoms with van der Waals surface area (Å²) in [6, 6.07) is 6.47. The highest BCUT2D eigenvalue weighted by atomic mass is 32.2. The highest BCUT2D eigenvalue weighted by Gasteiger charge is 2.25. The van der Waals surface area contributed by atoms with Crippen LogP contribution in [0.15, 0.2) is 29.2 Å². The van der Waals surface area contributed by atoms with Crippen LogP contribution in [-0.2, 0) is 9.84 Å². The molecule has 6 heteroatoms. The van der Waals surface area contributed by atoms with Crippen LogP contribution >= 0.6 is 0 Å². The van der Waals surface area contributed by atoms with Gasteiger partial charge in [-0.3, -0.25) is 0 Å². The molecule has 1 aromatic rings. The fourth-order valence-corrected chi connectivity index (χ4v) is 2.50. The molecule has 0 fully saturated rings. The number of hydrogen-bond acceptors (Lipinski definition) is 5. The average Bonchev–Trinajstić information content (AvgIpc) is 2.39. The van der Waals surface area contributed by atoms with Crippen LogP contribution in [0.1, 0.15) is 13.8 Å². The largest absolute Gasteiger partial charge is 0.394 e. The Morgan fingerprint density at radius 3 is 2.28 bits per heavy atom. The molecule has 1 aromatic carbocycles. The number of aliphatic hydroxyl groups is 2. The highest BCUT2D eigenvalue weighted by molar-refractivity contribution is 7.91. The van der Waals surface area contributed by atoms with Gasteiger partial charge in [0, 0.05) is 0 Å². The molecule has 0 aliphatic rings. The van der Waals surface area contributed by atoms with Crippen molar-refractivity contribution in [2.45, 2.75) is 24.3 Å². The summed E-state index contributed by atoms with van der Waals surface area (Å²) in [4.78, 5) is 0.181. The highest BCUT2D eigenvalue weighted by Crippen LogP contribution is 2.25. The molecule has 0 radical (unpaired) electrons. The summed E-state index contributed by atoms with van der Waals surface area (Å²) in [5.74, 6) is 0.000652. The molecule has 3 N–H and O–H groups in total. The molecule has 0 atom stereocenters. The van der Waals surface area contributed by atoms with Crippen molar-refractivity contribution in [2.75, 3.05) is 24.3 Å². The average molecular weight is 273 g/mol. The summed E-state index contributed by atoms with van der Waals surface area (Å²) in [5, 5.41) is 21.3. The molecule has 5 nitrogen and oxygen atoms in total. The second-order valence-electron chi connectivity index (χ2n) is 4.40. The summed E-state index contributed by atoms with van der Waals surface area (Å²) in [6.07, 6.45) is 0. The maximum atomic E-state index is 11.9. The van der Waals surface area contributed by atoms with Gasteiger partial charge in [-0.25, -0.2) is 8.42 Å². The van der Waals surface area contributed by atoms with Crippen LogP contribution in [0.5, 0.6) is 0 Å². The predicted octanol–water partition coefficient (Wildman–Crippen LogP) is 0.635. The smallest absolute Gasteiger partial charge is 0.180 e. The van der Waals surface area contributed by atoms with E-state index in [2.05, 4.69) is 5.32 Å². The van der Waals surface area contributed by atoms with Crippen LogP contribution in [0, 0.1) is 0 Å². The number of nitrogens with one attached hydrogen (secondary N) is 1. The zero-order chi connectivity index (χ0) is 13.8. The van der Waals surface area contributed by atoms with Gasteiger partial charge in [0.2, 0.25) is 0 Å². The van der Waals surface area contributed by atoms with Crippen LogP contribution < -0.4 is 5.32 Å². The lowest BCUT2D eigenvalue weighted by atomic mass is 10.1. The van der Waals surface area contributed by atoms with Gasteiger partial charge in [-0.2, -0.15) is 0 Å². The van der Waals surface area contributed by atoms with Crippen molar-refractivity contribution in [3.05, 3.63) is 24.3 Å². The van der Waals surface area contributed by atoms with Gasteiger partial charge in [-0.1, -0.05) is 19.1 Å². The van der Waals surface area contributed by atoms with Crippen LogP contribution in [0.2, 0.25) is 0 Å². The summed E-state index contributed by atoms with van der Waals surface area (Å²) in [5.41, 5.74) is -0.565. The summed E-state index contributed by atoms with van der Waals surface area (Å²) >= 11 is 0. The topological polar surface area (TPSA) is 86.6 Å². The molecule has 0 amide bonds. The first-order valence-electron chi connectivity index (χ1n) is 5.70. The van der Waals surface area contributed by atoms with Crippen molar-refractivity contribution in [3.63, 3.8) is 0 Å². The normalized spacial score (nSPS) is 12.4. The second kappa shape index (κ2) is 5.69. The van der Waals surface area contributed by atoms with E-state index in [1.54, 1.807) is 32.0 Å². The van der Waals surface area contributed by atoms with Gasteiger partial charge in [0.1, 0.15) is 0 Å². The summed E-state index contributed by atoms with van der Waals surface area (Å²) in [6.45, 7) is 2.58. The number of sulfone groups is 1. The molecule has 0 aromatic heterocycles. The van der Waals surface area contributed by atoms with E-state index in [0.29, 0.717) is 5.69 Å². The number of hydrogen-bond donors (Lipinski definition) is 3. The first-order valence-corrected chi connectivity index (χ1v) is 7.35. The zero-order valence-electron chi connectivity index (χ0n) is 10.5. The van der Waals surface area contributed by atoms with Gasteiger partial charge in [0.15, 0.2) is 9.84 Å². The number of rotatable bonds is 6. The lowest BCUT2D eigenvalue weighted by Crippen LogP contribution is -2.42. The Kier molecular flexibility index (Phi) is 4.72. The van der Waals surface area contributed by atoms with Crippen molar-refractivity contribution >= 4 is 15.5 Å². The first-order chi connectivity index (χ1) is 8.38. The third kappa shape index (κ3) is 3.22. The minimum absolute atomic E-state index is 0.000652. The lowest BCUT2D eigenvalue weighted by Gasteiger charge is -2.28. The molecule has 0 saturated heterocycles. The molecule has 0 bridgehead atoms. The zero-order valence-corrected chi connectivity index (χ0v) is 11.4. The monoisotopic (exact) mass is 273 g/mol. The molecule has 0 spiro atoms. The number of aliphatic hydroxyl groups excluding tert-OH is 2. The molecule has 0 aliphatic carbocycles. The van der Waals surface area contributed by atoms with Crippen LogP contribution in [0.25, 0.3) is 0 Å². The van der Waals surface area contributed by atoms with Crippen molar-refractivity contribution in [2.24, 2.45) is 0 Å². The van der Waals surface area contributed by atoms with Crippen LogP contribution in [-0.4, -0.2) is 43.1 Å². The maximum Gasteiger partial charge on any atom is 0.180 e. The van der Waals surface area contributed by atoms with Crippen LogP contribution in [0.4, 0.5) is 5.69 Å². The predicted molar refractivity (Wildman–Crippen MR) is 70.4 cm³/mol. The third-order valence-electron chi connectivity index (χ3n) is 2.74. The molecular weight excluding hydrogens is 254 g/mol. The molecule has 0 saturated carbocycles. The van der Waals surface area contributed by atoms with E-state index < -0.39 is 15.4 Å². The van der Waals surface area contributed by atoms with Crippen molar-refractivity contribution in [1.82, 2.24) is 0 Å². The number of anilines is 1. The van der Waals surface area contributed by atoms with Crippen molar-refractivity contribution in [3.8, 4) is 0 Å². The Balaban J connectivity index is 3.19. The Hall–Kier alpha value is -1.11. The van der Waals surface area contributed by atoms with Crippen LogP contribution in [0.3, 0.4) is 0 Å². The SMILES string of the molecule is CCS(=O)(=O)c1ccccc1NC(C)(CO)CO. The first kappa shape index (κ1) is 14.9. The maximum absolute atomic E-state index is 11.9. The Morgan fingerprint density at radius 2 is 1.78 bits per heavy atom.